The Hall–Kier alpha value is 0.0600. The van der Waals surface area contributed by atoms with Crippen molar-refractivity contribution in [1.82, 2.24) is 0 Å². The maximum Gasteiger partial charge on any atom is 0.164 e. The van der Waals surface area contributed by atoms with E-state index in [0.29, 0.717) is 12.3 Å². The van der Waals surface area contributed by atoms with Gasteiger partial charge in [0.1, 0.15) is 0 Å². The van der Waals surface area contributed by atoms with Crippen LogP contribution >= 0.6 is 38.5 Å². The maximum absolute atomic E-state index is 12.2. The molecular weight excluding hydrogens is 395 g/mol. The first-order valence-corrected chi connectivity index (χ1v) is 7.60. The normalized spacial score (nSPS) is 17.1. The number of ether oxygens (including phenoxy) is 1. The topological polar surface area (TPSA) is 26.3 Å². The molecule has 0 bridgehead atoms. The minimum atomic E-state index is 0.238. The number of halogens is 2. The molecule has 0 atom stereocenters. The Balaban J connectivity index is 2.05. The number of rotatable bonds is 3. The van der Waals surface area contributed by atoms with Gasteiger partial charge in [0.25, 0.3) is 0 Å². The molecule has 2 nitrogen and oxygen atoms in total. The van der Waals surface area contributed by atoms with Crippen LogP contribution in [0.3, 0.4) is 0 Å². The van der Waals surface area contributed by atoms with Crippen molar-refractivity contribution < 1.29 is 9.53 Å². The molecule has 1 aromatic carbocycles. The molecular formula is C13H14BrIO2. The van der Waals surface area contributed by atoms with Crippen molar-refractivity contribution in [2.75, 3.05) is 13.2 Å². The number of ketones is 1. The lowest BCUT2D eigenvalue weighted by molar-refractivity contribution is 0.0601. The SMILES string of the molecule is O=C(CC1CCOCC1)c1cc(I)ccc1Br. The Kier molecular flexibility index (Phi) is 4.99. The van der Waals surface area contributed by atoms with Gasteiger partial charge in [0.05, 0.1) is 0 Å². The third kappa shape index (κ3) is 3.76. The molecule has 0 saturated carbocycles. The fraction of sp³-hybridized carbons (Fsp3) is 0.462. The summed E-state index contributed by atoms with van der Waals surface area (Å²) in [5.74, 6) is 0.725. The highest BCUT2D eigenvalue weighted by Gasteiger charge is 2.19. The van der Waals surface area contributed by atoms with Crippen LogP contribution in [-0.4, -0.2) is 19.0 Å². The molecule has 4 heteroatoms. The summed E-state index contributed by atoms with van der Waals surface area (Å²) in [6.07, 6.45) is 2.66. The lowest BCUT2D eigenvalue weighted by Crippen LogP contribution is -2.19. The highest BCUT2D eigenvalue weighted by Crippen LogP contribution is 2.25. The van der Waals surface area contributed by atoms with Gasteiger partial charge >= 0.3 is 0 Å². The van der Waals surface area contributed by atoms with E-state index in [1.807, 2.05) is 18.2 Å². The molecule has 0 spiro atoms. The van der Waals surface area contributed by atoms with E-state index in [9.17, 15) is 4.79 Å². The smallest absolute Gasteiger partial charge is 0.164 e. The van der Waals surface area contributed by atoms with Crippen LogP contribution in [0.25, 0.3) is 0 Å². The fourth-order valence-electron chi connectivity index (χ4n) is 2.03. The summed E-state index contributed by atoms with van der Waals surface area (Å²) in [5, 5.41) is 0. The van der Waals surface area contributed by atoms with E-state index < -0.39 is 0 Å². The van der Waals surface area contributed by atoms with Gasteiger partial charge in [-0.15, -0.1) is 0 Å². The van der Waals surface area contributed by atoms with Crippen molar-refractivity contribution in [3.05, 3.63) is 31.8 Å². The second-order valence-electron chi connectivity index (χ2n) is 4.31. The van der Waals surface area contributed by atoms with Crippen molar-refractivity contribution in [3.8, 4) is 0 Å². The Morgan fingerprint density at radius 2 is 2.12 bits per heavy atom. The Labute approximate surface area is 123 Å². The molecule has 1 fully saturated rings. The zero-order chi connectivity index (χ0) is 12.3. The second-order valence-corrected chi connectivity index (χ2v) is 6.41. The molecule has 0 N–H and O–H groups in total. The molecule has 0 radical (unpaired) electrons. The monoisotopic (exact) mass is 408 g/mol. The van der Waals surface area contributed by atoms with Gasteiger partial charge in [-0.25, -0.2) is 0 Å². The van der Waals surface area contributed by atoms with E-state index in [-0.39, 0.29) is 5.78 Å². The van der Waals surface area contributed by atoms with E-state index in [0.717, 1.165) is 39.7 Å². The number of hydrogen-bond donors (Lipinski definition) is 0. The summed E-state index contributed by atoms with van der Waals surface area (Å²) in [6, 6.07) is 5.89. The first kappa shape index (κ1) is 13.5. The zero-order valence-electron chi connectivity index (χ0n) is 9.42. The Morgan fingerprint density at radius 3 is 2.82 bits per heavy atom. The highest BCUT2D eigenvalue weighted by atomic mass is 127. The van der Waals surface area contributed by atoms with Crippen molar-refractivity contribution >= 4 is 44.3 Å². The summed E-state index contributed by atoms with van der Waals surface area (Å²) in [4.78, 5) is 12.2. The lowest BCUT2D eigenvalue weighted by Gasteiger charge is -2.21. The molecule has 1 aliphatic heterocycles. The quantitative estimate of drug-likeness (QED) is 0.557. The minimum Gasteiger partial charge on any atom is -0.381 e. The number of benzene rings is 1. The van der Waals surface area contributed by atoms with Crippen LogP contribution < -0.4 is 0 Å². The fourth-order valence-corrected chi connectivity index (χ4v) is 2.99. The highest BCUT2D eigenvalue weighted by molar-refractivity contribution is 14.1. The van der Waals surface area contributed by atoms with Crippen molar-refractivity contribution in [1.29, 1.82) is 0 Å². The van der Waals surface area contributed by atoms with E-state index in [2.05, 4.69) is 38.5 Å². The van der Waals surface area contributed by atoms with Crippen LogP contribution in [0.4, 0.5) is 0 Å². The molecule has 0 amide bonds. The molecule has 0 aliphatic carbocycles. The first-order valence-electron chi connectivity index (χ1n) is 5.73. The minimum absolute atomic E-state index is 0.238. The second kappa shape index (κ2) is 6.29. The largest absolute Gasteiger partial charge is 0.381 e. The Morgan fingerprint density at radius 1 is 1.41 bits per heavy atom. The van der Waals surface area contributed by atoms with Crippen molar-refractivity contribution in [2.24, 2.45) is 5.92 Å². The summed E-state index contributed by atoms with van der Waals surface area (Å²) in [6.45, 7) is 1.59. The zero-order valence-corrected chi connectivity index (χ0v) is 13.2. The van der Waals surface area contributed by atoms with E-state index in [1.165, 1.54) is 0 Å². The number of Topliss-reactive ketones (excluding diaryl/α,β-unsaturated/α-hetero) is 1. The summed E-state index contributed by atoms with van der Waals surface area (Å²) >= 11 is 5.68. The molecule has 92 valence electrons. The van der Waals surface area contributed by atoms with Gasteiger partial charge in [-0.05, 0) is 59.5 Å². The molecule has 2 rings (SSSR count). The Bertz CT molecular complexity index is 414. The summed E-state index contributed by atoms with van der Waals surface area (Å²) < 4.78 is 7.30. The van der Waals surface area contributed by atoms with E-state index in [4.69, 9.17) is 4.74 Å². The van der Waals surface area contributed by atoms with Gasteiger partial charge in [0.15, 0.2) is 5.78 Å². The van der Waals surface area contributed by atoms with Crippen LogP contribution in [0.2, 0.25) is 0 Å². The number of carbonyl (C=O) groups is 1. The molecule has 0 unspecified atom stereocenters. The number of carbonyl (C=O) groups excluding carboxylic acids is 1. The molecule has 17 heavy (non-hydrogen) atoms. The standard InChI is InChI=1S/C13H14BrIO2/c14-12-2-1-10(15)8-11(12)13(16)7-9-3-5-17-6-4-9/h1-2,8-9H,3-7H2. The van der Waals surface area contributed by atoms with Crippen molar-refractivity contribution in [2.45, 2.75) is 19.3 Å². The summed E-state index contributed by atoms with van der Waals surface area (Å²) in [5.41, 5.74) is 0.809. The van der Waals surface area contributed by atoms with Gasteiger partial charge in [-0.3, -0.25) is 4.79 Å². The van der Waals surface area contributed by atoms with Gasteiger partial charge in [0, 0.05) is 33.2 Å². The average molecular weight is 409 g/mol. The molecule has 1 aliphatic rings. The van der Waals surface area contributed by atoms with Crippen LogP contribution in [0.15, 0.2) is 22.7 Å². The molecule has 1 aromatic rings. The van der Waals surface area contributed by atoms with Crippen LogP contribution in [-0.2, 0) is 4.74 Å². The van der Waals surface area contributed by atoms with Crippen LogP contribution in [0, 0.1) is 9.49 Å². The van der Waals surface area contributed by atoms with Crippen LogP contribution in [0.1, 0.15) is 29.6 Å². The summed E-state index contributed by atoms with van der Waals surface area (Å²) in [7, 11) is 0. The molecule has 1 heterocycles. The lowest BCUT2D eigenvalue weighted by atomic mass is 9.92. The van der Waals surface area contributed by atoms with E-state index >= 15 is 0 Å². The molecule has 1 saturated heterocycles. The predicted octanol–water partition coefficient (Wildman–Crippen LogP) is 4.05. The van der Waals surface area contributed by atoms with Gasteiger partial charge in [0.2, 0.25) is 0 Å². The molecule has 0 aromatic heterocycles. The van der Waals surface area contributed by atoms with Gasteiger partial charge in [-0.1, -0.05) is 15.9 Å². The number of hydrogen-bond acceptors (Lipinski definition) is 2. The maximum atomic E-state index is 12.2. The van der Waals surface area contributed by atoms with Gasteiger partial charge in [-0.2, -0.15) is 0 Å². The van der Waals surface area contributed by atoms with Crippen LogP contribution in [0.5, 0.6) is 0 Å². The third-order valence-corrected chi connectivity index (χ3v) is 4.41. The average Bonchev–Trinajstić information content (AvgIpc) is 2.33. The predicted molar refractivity (Wildman–Crippen MR) is 79.3 cm³/mol. The third-order valence-electron chi connectivity index (χ3n) is 3.04. The van der Waals surface area contributed by atoms with Crippen molar-refractivity contribution in [3.63, 3.8) is 0 Å². The first-order chi connectivity index (χ1) is 8.16. The van der Waals surface area contributed by atoms with Gasteiger partial charge < -0.3 is 4.74 Å². The van der Waals surface area contributed by atoms with E-state index in [1.54, 1.807) is 0 Å².